The lowest BCUT2D eigenvalue weighted by Gasteiger charge is -2.13. The van der Waals surface area contributed by atoms with Crippen LogP contribution in [0.25, 0.3) is 0 Å². The summed E-state index contributed by atoms with van der Waals surface area (Å²) in [6.45, 7) is 5.24. The van der Waals surface area contributed by atoms with E-state index in [1.54, 1.807) is 6.92 Å². The number of aliphatic carboxylic acids is 1. The largest absolute Gasteiger partial charge is 0.480 e. The summed E-state index contributed by atoms with van der Waals surface area (Å²) >= 11 is 0. The third-order valence-electron chi connectivity index (χ3n) is 2.12. The lowest BCUT2D eigenvalue weighted by molar-refractivity contribution is -0.140. The fraction of sp³-hybridized carbons (Fsp3) is 0.333. The van der Waals surface area contributed by atoms with Crippen LogP contribution < -0.4 is 5.32 Å². The molecule has 1 rings (SSSR count). The molecule has 0 saturated heterocycles. The van der Waals surface area contributed by atoms with Crippen molar-refractivity contribution in [1.82, 2.24) is 5.32 Å². The van der Waals surface area contributed by atoms with Crippen molar-refractivity contribution in [2.75, 3.05) is 13.2 Å². The Kier molecular flexibility index (Phi) is 5.13. The van der Waals surface area contributed by atoms with Gasteiger partial charge in [0, 0.05) is 0 Å². The van der Waals surface area contributed by atoms with Crippen LogP contribution in [-0.4, -0.2) is 36.2 Å². The Morgan fingerprint density at radius 2 is 2.39 bits per heavy atom. The van der Waals surface area contributed by atoms with Crippen molar-refractivity contribution < 1.29 is 23.8 Å². The highest BCUT2D eigenvalue weighted by atomic mass is 16.5. The molecule has 0 aliphatic carbocycles. The van der Waals surface area contributed by atoms with Crippen LogP contribution in [0.1, 0.15) is 16.1 Å². The zero-order valence-corrected chi connectivity index (χ0v) is 10.0. The van der Waals surface area contributed by atoms with Gasteiger partial charge >= 0.3 is 5.97 Å². The Morgan fingerprint density at radius 3 is 2.89 bits per heavy atom. The summed E-state index contributed by atoms with van der Waals surface area (Å²) in [6.07, 6.45) is 2.77. The zero-order chi connectivity index (χ0) is 13.5. The number of hydrogen-bond acceptors (Lipinski definition) is 4. The van der Waals surface area contributed by atoms with Gasteiger partial charge in [0.25, 0.3) is 5.91 Å². The summed E-state index contributed by atoms with van der Waals surface area (Å²) in [5, 5.41) is 11.3. The minimum Gasteiger partial charge on any atom is -0.480 e. The van der Waals surface area contributed by atoms with Crippen LogP contribution >= 0.6 is 0 Å². The van der Waals surface area contributed by atoms with E-state index < -0.39 is 17.9 Å². The van der Waals surface area contributed by atoms with Gasteiger partial charge in [-0.15, -0.1) is 6.58 Å². The predicted octanol–water partition coefficient (Wildman–Crippen LogP) is 0.974. The maximum atomic E-state index is 11.7. The number of amides is 1. The smallest absolute Gasteiger partial charge is 0.328 e. The molecular weight excluding hydrogens is 238 g/mol. The third-order valence-corrected chi connectivity index (χ3v) is 2.12. The van der Waals surface area contributed by atoms with Gasteiger partial charge < -0.3 is 19.6 Å². The number of carbonyl (C=O) groups excluding carboxylic acids is 1. The zero-order valence-electron chi connectivity index (χ0n) is 10.0. The van der Waals surface area contributed by atoms with Crippen LogP contribution in [0.15, 0.2) is 29.4 Å². The lowest BCUT2D eigenvalue weighted by Crippen LogP contribution is -2.44. The van der Waals surface area contributed by atoms with Gasteiger partial charge in [-0.1, -0.05) is 6.08 Å². The Balaban J connectivity index is 2.57. The van der Waals surface area contributed by atoms with E-state index in [1.807, 2.05) is 0 Å². The molecule has 0 aliphatic rings. The molecule has 1 aromatic rings. The molecule has 1 amide bonds. The van der Waals surface area contributed by atoms with Crippen LogP contribution in [0.3, 0.4) is 0 Å². The van der Waals surface area contributed by atoms with E-state index in [0.29, 0.717) is 5.76 Å². The summed E-state index contributed by atoms with van der Waals surface area (Å²) in [6, 6.07) is 0.423. The number of rotatable bonds is 7. The summed E-state index contributed by atoms with van der Waals surface area (Å²) in [5.41, 5.74) is 0.280. The summed E-state index contributed by atoms with van der Waals surface area (Å²) in [4.78, 5) is 22.6. The van der Waals surface area contributed by atoms with Crippen LogP contribution in [0.4, 0.5) is 0 Å². The van der Waals surface area contributed by atoms with Gasteiger partial charge in [0.2, 0.25) is 0 Å². The fourth-order valence-electron chi connectivity index (χ4n) is 1.25. The maximum Gasteiger partial charge on any atom is 0.328 e. The first-order valence-corrected chi connectivity index (χ1v) is 5.32. The van der Waals surface area contributed by atoms with E-state index in [-0.39, 0.29) is 18.8 Å². The van der Waals surface area contributed by atoms with Crippen molar-refractivity contribution in [1.29, 1.82) is 0 Å². The number of carboxylic acids is 1. The summed E-state index contributed by atoms with van der Waals surface area (Å²) < 4.78 is 9.98. The molecule has 1 heterocycles. The second-order valence-electron chi connectivity index (χ2n) is 3.64. The van der Waals surface area contributed by atoms with Crippen molar-refractivity contribution in [2.45, 2.75) is 13.0 Å². The van der Waals surface area contributed by atoms with E-state index in [4.69, 9.17) is 14.3 Å². The molecule has 0 fully saturated rings. The molecule has 0 spiro atoms. The highest BCUT2D eigenvalue weighted by Crippen LogP contribution is 2.06. The molecular formula is C12H15NO5. The number of aryl methyl sites for hydroxylation is 1. The Hall–Kier alpha value is -2.08. The Bertz CT molecular complexity index is 437. The highest BCUT2D eigenvalue weighted by Gasteiger charge is 2.21. The van der Waals surface area contributed by atoms with Gasteiger partial charge in [-0.3, -0.25) is 4.79 Å². The van der Waals surface area contributed by atoms with E-state index >= 15 is 0 Å². The van der Waals surface area contributed by atoms with E-state index in [2.05, 4.69) is 11.9 Å². The van der Waals surface area contributed by atoms with Crippen LogP contribution in [0.5, 0.6) is 0 Å². The van der Waals surface area contributed by atoms with E-state index in [9.17, 15) is 9.59 Å². The quantitative estimate of drug-likeness (QED) is 0.558. The van der Waals surface area contributed by atoms with Crippen LogP contribution in [-0.2, 0) is 9.53 Å². The molecule has 2 N–H and O–H groups in total. The molecule has 6 heteroatoms. The van der Waals surface area contributed by atoms with Crippen molar-refractivity contribution in [2.24, 2.45) is 0 Å². The SMILES string of the molecule is C=CCOCC(NC(=O)c1coc(C)c1)C(=O)O. The first-order chi connectivity index (χ1) is 8.54. The molecule has 0 aromatic carbocycles. The molecule has 18 heavy (non-hydrogen) atoms. The molecule has 0 bridgehead atoms. The average Bonchev–Trinajstić information content (AvgIpc) is 2.74. The van der Waals surface area contributed by atoms with Gasteiger partial charge in [0.15, 0.2) is 6.04 Å². The van der Waals surface area contributed by atoms with Gasteiger partial charge in [-0.25, -0.2) is 4.79 Å². The fourth-order valence-corrected chi connectivity index (χ4v) is 1.25. The molecule has 6 nitrogen and oxygen atoms in total. The predicted molar refractivity (Wildman–Crippen MR) is 63.4 cm³/mol. The first kappa shape index (κ1) is 14.0. The monoisotopic (exact) mass is 253 g/mol. The van der Waals surface area contributed by atoms with Crippen molar-refractivity contribution in [3.63, 3.8) is 0 Å². The molecule has 1 aromatic heterocycles. The summed E-state index contributed by atoms with van der Waals surface area (Å²) in [5.74, 6) is -1.09. The minimum atomic E-state index is -1.16. The van der Waals surface area contributed by atoms with E-state index in [1.165, 1.54) is 18.4 Å². The Morgan fingerprint density at radius 1 is 1.67 bits per heavy atom. The second-order valence-corrected chi connectivity index (χ2v) is 3.64. The lowest BCUT2D eigenvalue weighted by atomic mass is 10.2. The van der Waals surface area contributed by atoms with Gasteiger partial charge in [0.1, 0.15) is 12.0 Å². The van der Waals surface area contributed by atoms with Crippen molar-refractivity contribution in [3.8, 4) is 0 Å². The molecule has 1 unspecified atom stereocenters. The van der Waals surface area contributed by atoms with Crippen molar-refractivity contribution >= 4 is 11.9 Å². The number of hydrogen-bond donors (Lipinski definition) is 2. The minimum absolute atomic E-state index is 0.121. The highest BCUT2D eigenvalue weighted by molar-refractivity contribution is 5.96. The molecule has 0 radical (unpaired) electrons. The normalized spacial score (nSPS) is 11.8. The number of furan rings is 1. The van der Waals surface area contributed by atoms with Crippen LogP contribution in [0.2, 0.25) is 0 Å². The second kappa shape index (κ2) is 6.61. The summed E-state index contributed by atoms with van der Waals surface area (Å²) in [7, 11) is 0. The topological polar surface area (TPSA) is 88.8 Å². The molecule has 0 aliphatic heterocycles. The van der Waals surface area contributed by atoms with Crippen molar-refractivity contribution in [3.05, 3.63) is 36.3 Å². The molecule has 0 saturated carbocycles. The van der Waals surface area contributed by atoms with Gasteiger partial charge in [-0.05, 0) is 13.0 Å². The molecule has 1 atom stereocenters. The van der Waals surface area contributed by atoms with Gasteiger partial charge in [-0.2, -0.15) is 0 Å². The van der Waals surface area contributed by atoms with E-state index in [0.717, 1.165) is 0 Å². The average molecular weight is 253 g/mol. The Labute approximate surface area is 104 Å². The number of nitrogens with one attached hydrogen (secondary N) is 1. The third kappa shape index (κ3) is 4.06. The maximum absolute atomic E-state index is 11.7. The standard InChI is InChI=1S/C12H15NO5/c1-3-4-17-7-10(12(15)16)13-11(14)9-5-8(2)18-6-9/h3,5-6,10H,1,4,7H2,2H3,(H,13,14)(H,15,16). The van der Waals surface area contributed by atoms with Gasteiger partial charge in [0.05, 0.1) is 18.8 Å². The number of carboxylic acid groups (broad SMARTS) is 1. The number of ether oxygens (including phenoxy) is 1. The number of carbonyl (C=O) groups is 2. The molecule has 98 valence electrons. The van der Waals surface area contributed by atoms with Crippen LogP contribution in [0, 0.1) is 6.92 Å². The first-order valence-electron chi connectivity index (χ1n) is 5.32.